The number of carbonyl (C=O) groups excluding carboxylic acids is 1. The first kappa shape index (κ1) is 18.6. The molecular weight excluding hydrogens is 321 g/mol. The van der Waals surface area contributed by atoms with E-state index in [-0.39, 0.29) is 30.6 Å². The molecule has 1 aliphatic carbocycles. The lowest BCUT2D eigenvalue weighted by molar-refractivity contribution is -0.153. The first-order valence-corrected chi connectivity index (χ1v) is 6.72. The highest BCUT2D eigenvalue weighted by molar-refractivity contribution is 5.92. The maximum absolute atomic E-state index is 12.1. The minimum Gasteiger partial charge on any atom is -0.484 e. The molecule has 22 heavy (non-hydrogen) atoms. The van der Waals surface area contributed by atoms with Gasteiger partial charge in [-0.1, -0.05) is 6.07 Å². The summed E-state index contributed by atoms with van der Waals surface area (Å²) >= 11 is 0. The molecule has 1 amide bonds. The van der Waals surface area contributed by atoms with Gasteiger partial charge in [-0.05, 0) is 37.4 Å². The van der Waals surface area contributed by atoms with E-state index in [9.17, 15) is 18.0 Å². The zero-order valence-electron chi connectivity index (χ0n) is 11.8. The van der Waals surface area contributed by atoms with Gasteiger partial charge in [0.05, 0.1) is 6.54 Å². The number of anilines is 1. The molecule has 0 bridgehead atoms. The molecule has 1 fully saturated rings. The largest absolute Gasteiger partial charge is 0.484 e. The molecule has 0 aromatic heterocycles. The Kier molecular flexibility index (Phi) is 6.96. The molecule has 0 spiro atoms. The second kappa shape index (κ2) is 8.24. The second-order valence-corrected chi connectivity index (χ2v) is 5.05. The molecule has 4 nitrogen and oxygen atoms in total. The maximum atomic E-state index is 12.1. The topological polar surface area (TPSA) is 50.4 Å². The predicted molar refractivity (Wildman–Crippen MR) is 79.5 cm³/mol. The third kappa shape index (κ3) is 7.51. The summed E-state index contributed by atoms with van der Waals surface area (Å²) in [5.74, 6) is 0.511. The van der Waals surface area contributed by atoms with E-state index in [1.807, 2.05) is 0 Å². The Balaban J connectivity index is 0.00000242. The van der Waals surface area contributed by atoms with Gasteiger partial charge in [-0.15, -0.1) is 12.4 Å². The van der Waals surface area contributed by atoms with Crippen LogP contribution in [0.2, 0.25) is 0 Å². The van der Waals surface area contributed by atoms with Crippen molar-refractivity contribution in [2.75, 3.05) is 25.0 Å². The Labute approximate surface area is 132 Å². The smallest absolute Gasteiger partial charge is 0.422 e. The maximum Gasteiger partial charge on any atom is 0.422 e. The molecule has 1 aliphatic rings. The van der Waals surface area contributed by atoms with Crippen molar-refractivity contribution in [3.63, 3.8) is 0 Å². The van der Waals surface area contributed by atoms with Crippen LogP contribution in [0.1, 0.15) is 12.8 Å². The van der Waals surface area contributed by atoms with Crippen LogP contribution in [0.15, 0.2) is 24.3 Å². The summed E-state index contributed by atoms with van der Waals surface area (Å²) in [7, 11) is 0. The van der Waals surface area contributed by atoms with Crippen LogP contribution in [0.3, 0.4) is 0 Å². The summed E-state index contributed by atoms with van der Waals surface area (Å²) in [6.07, 6.45) is -1.98. The highest BCUT2D eigenvalue weighted by atomic mass is 35.5. The van der Waals surface area contributed by atoms with E-state index in [1.54, 1.807) is 6.07 Å². The van der Waals surface area contributed by atoms with Crippen molar-refractivity contribution in [1.29, 1.82) is 0 Å². The van der Waals surface area contributed by atoms with E-state index in [1.165, 1.54) is 31.0 Å². The molecule has 1 saturated carbocycles. The molecule has 1 aromatic carbocycles. The molecule has 0 heterocycles. The van der Waals surface area contributed by atoms with Gasteiger partial charge in [-0.3, -0.25) is 4.79 Å². The van der Waals surface area contributed by atoms with Crippen LogP contribution in [0.4, 0.5) is 18.9 Å². The Morgan fingerprint density at radius 3 is 2.68 bits per heavy atom. The average molecular weight is 339 g/mol. The highest BCUT2D eigenvalue weighted by Gasteiger charge is 2.28. The summed E-state index contributed by atoms with van der Waals surface area (Å²) in [6.45, 7) is -0.348. The van der Waals surface area contributed by atoms with Gasteiger partial charge in [0, 0.05) is 11.8 Å². The van der Waals surface area contributed by atoms with E-state index in [0.717, 1.165) is 6.54 Å². The van der Waals surface area contributed by atoms with Crippen molar-refractivity contribution in [3.8, 4) is 5.75 Å². The Morgan fingerprint density at radius 1 is 1.32 bits per heavy atom. The van der Waals surface area contributed by atoms with Crippen molar-refractivity contribution in [2.24, 2.45) is 5.92 Å². The third-order valence-corrected chi connectivity index (χ3v) is 2.94. The number of carbonyl (C=O) groups is 1. The minimum atomic E-state index is -4.38. The van der Waals surface area contributed by atoms with Crippen LogP contribution in [-0.2, 0) is 4.79 Å². The number of halogens is 4. The number of ether oxygens (including phenoxy) is 1. The number of hydrogen-bond acceptors (Lipinski definition) is 3. The van der Waals surface area contributed by atoms with Crippen LogP contribution in [-0.4, -0.2) is 31.8 Å². The molecule has 1 aromatic rings. The fourth-order valence-electron chi connectivity index (χ4n) is 1.75. The Morgan fingerprint density at radius 2 is 2.05 bits per heavy atom. The predicted octanol–water partition coefficient (Wildman–Crippen LogP) is 2.99. The van der Waals surface area contributed by atoms with Crippen LogP contribution >= 0.6 is 12.4 Å². The third-order valence-electron chi connectivity index (χ3n) is 2.94. The molecule has 2 rings (SSSR count). The Hall–Kier alpha value is -1.47. The number of hydrogen-bond donors (Lipinski definition) is 2. The molecule has 2 N–H and O–H groups in total. The van der Waals surface area contributed by atoms with Crippen molar-refractivity contribution in [2.45, 2.75) is 19.0 Å². The lowest BCUT2D eigenvalue weighted by Gasteiger charge is -2.11. The molecular formula is C14H18ClF3N2O2. The van der Waals surface area contributed by atoms with E-state index >= 15 is 0 Å². The van der Waals surface area contributed by atoms with E-state index < -0.39 is 12.8 Å². The van der Waals surface area contributed by atoms with Gasteiger partial charge in [0.15, 0.2) is 6.61 Å². The first-order chi connectivity index (χ1) is 9.92. The van der Waals surface area contributed by atoms with Gasteiger partial charge in [0.25, 0.3) is 0 Å². The highest BCUT2D eigenvalue weighted by Crippen LogP contribution is 2.27. The quantitative estimate of drug-likeness (QED) is 0.803. The molecule has 124 valence electrons. The summed E-state index contributed by atoms with van der Waals surface area (Å²) < 4.78 is 40.8. The summed E-state index contributed by atoms with van der Waals surface area (Å²) in [6, 6.07) is 5.90. The standard InChI is InChI=1S/C14H17F3N2O2.ClH/c15-14(16,17)9-21-12-3-1-2-11(6-12)19-13(20)8-18-7-10-4-5-10;/h1-3,6,10,18H,4-5,7-9H2,(H,19,20);1H. The van der Waals surface area contributed by atoms with Crippen molar-refractivity contribution >= 4 is 24.0 Å². The fraction of sp³-hybridized carbons (Fsp3) is 0.500. The van der Waals surface area contributed by atoms with Gasteiger partial charge in [-0.2, -0.15) is 13.2 Å². The van der Waals surface area contributed by atoms with Gasteiger partial charge >= 0.3 is 6.18 Å². The van der Waals surface area contributed by atoms with Crippen molar-refractivity contribution in [1.82, 2.24) is 5.32 Å². The van der Waals surface area contributed by atoms with Gasteiger partial charge in [0.2, 0.25) is 5.91 Å². The molecule has 8 heteroatoms. The van der Waals surface area contributed by atoms with Crippen molar-refractivity contribution in [3.05, 3.63) is 24.3 Å². The van der Waals surface area contributed by atoms with Crippen LogP contribution in [0.25, 0.3) is 0 Å². The average Bonchev–Trinajstić information content (AvgIpc) is 3.20. The molecule has 0 unspecified atom stereocenters. The lowest BCUT2D eigenvalue weighted by atomic mass is 10.3. The number of amides is 1. The lowest BCUT2D eigenvalue weighted by Crippen LogP contribution is -2.29. The zero-order valence-corrected chi connectivity index (χ0v) is 12.6. The SMILES string of the molecule is Cl.O=C(CNCC1CC1)Nc1cccc(OCC(F)(F)F)c1. The number of nitrogens with one attached hydrogen (secondary N) is 2. The van der Waals surface area contributed by atoms with Gasteiger partial charge in [-0.25, -0.2) is 0 Å². The van der Waals surface area contributed by atoms with Gasteiger partial charge < -0.3 is 15.4 Å². The zero-order chi connectivity index (χ0) is 15.3. The number of rotatable bonds is 7. The number of alkyl halides is 3. The normalized spacial score (nSPS) is 14.1. The molecule has 0 saturated heterocycles. The van der Waals surface area contributed by atoms with E-state index in [4.69, 9.17) is 0 Å². The second-order valence-electron chi connectivity index (χ2n) is 5.05. The van der Waals surface area contributed by atoms with Crippen molar-refractivity contribution < 1.29 is 22.7 Å². The molecule has 0 radical (unpaired) electrons. The van der Waals surface area contributed by atoms with Crippen LogP contribution in [0.5, 0.6) is 5.75 Å². The first-order valence-electron chi connectivity index (χ1n) is 6.72. The molecule has 0 aliphatic heterocycles. The van der Waals surface area contributed by atoms with Gasteiger partial charge in [0.1, 0.15) is 5.75 Å². The van der Waals surface area contributed by atoms with Crippen LogP contribution < -0.4 is 15.4 Å². The monoisotopic (exact) mass is 338 g/mol. The van der Waals surface area contributed by atoms with E-state index in [2.05, 4.69) is 15.4 Å². The molecule has 0 atom stereocenters. The Bertz CT molecular complexity index is 493. The summed E-state index contributed by atoms with van der Waals surface area (Å²) in [5.41, 5.74) is 0.410. The van der Waals surface area contributed by atoms with E-state index in [0.29, 0.717) is 11.6 Å². The summed E-state index contributed by atoms with van der Waals surface area (Å²) in [4.78, 5) is 11.6. The number of benzene rings is 1. The van der Waals surface area contributed by atoms with Crippen LogP contribution in [0, 0.1) is 5.92 Å². The minimum absolute atomic E-state index is 0. The summed E-state index contributed by atoms with van der Waals surface area (Å²) in [5, 5.41) is 5.65. The fourth-order valence-corrected chi connectivity index (χ4v) is 1.75.